The molecule has 0 atom stereocenters. The molecule has 0 heterocycles. The smallest absolute Gasteiger partial charge is 0.148 e. The lowest BCUT2D eigenvalue weighted by Gasteiger charge is -2.06. The highest BCUT2D eigenvalue weighted by Gasteiger charge is 2.19. The van der Waals surface area contributed by atoms with Crippen LogP contribution in [0.3, 0.4) is 0 Å². The maximum Gasteiger partial charge on any atom is 0.148 e. The van der Waals surface area contributed by atoms with Crippen molar-refractivity contribution in [1.82, 2.24) is 0 Å². The SMILES string of the molecule is Cc1c(F)c(C#N)c(F)c(C)c1C#N. The van der Waals surface area contributed by atoms with Crippen LogP contribution in [-0.2, 0) is 0 Å². The van der Waals surface area contributed by atoms with Crippen LogP contribution in [0.15, 0.2) is 0 Å². The van der Waals surface area contributed by atoms with Gasteiger partial charge in [-0.2, -0.15) is 10.5 Å². The van der Waals surface area contributed by atoms with Gasteiger partial charge >= 0.3 is 0 Å². The molecule has 0 amide bonds. The highest BCUT2D eigenvalue weighted by Crippen LogP contribution is 2.23. The molecule has 0 radical (unpaired) electrons. The molecule has 0 aliphatic heterocycles. The van der Waals surface area contributed by atoms with E-state index in [1.54, 1.807) is 6.07 Å². The molecule has 0 aromatic heterocycles. The first-order chi connectivity index (χ1) is 6.54. The number of hydrogen-bond donors (Lipinski definition) is 0. The van der Waals surface area contributed by atoms with E-state index in [9.17, 15) is 8.78 Å². The molecule has 0 unspecified atom stereocenters. The van der Waals surface area contributed by atoms with E-state index in [1.165, 1.54) is 19.9 Å². The van der Waals surface area contributed by atoms with Crippen LogP contribution in [-0.4, -0.2) is 0 Å². The predicted octanol–water partition coefficient (Wildman–Crippen LogP) is 2.33. The Labute approximate surface area is 80.0 Å². The van der Waals surface area contributed by atoms with E-state index in [0.717, 1.165) is 0 Å². The lowest BCUT2D eigenvalue weighted by Crippen LogP contribution is -2.02. The first-order valence-electron chi connectivity index (χ1n) is 3.83. The average Bonchev–Trinajstić information content (AvgIpc) is 2.17. The molecule has 0 bridgehead atoms. The highest BCUT2D eigenvalue weighted by atomic mass is 19.1. The van der Waals surface area contributed by atoms with Crippen LogP contribution < -0.4 is 0 Å². The van der Waals surface area contributed by atoms with Crippen molar-refractivity contribution < 1.29 is 8.78 Å². The van der Waals surface area contributed by atoms with Gasteiger partial charge < -0.3 is 0 Å². The quantitative estimate of drug-likeness (QED) is 0.633. The summed E-state index contributed by atoms with van der Waals surface area (Å²) in [4.78, 5) is 0. The van der Waals surface area contributed by atoms with Gasteiger partial charge in [-0.05, 0) is 13.8 Å². The van der Waals surface area contributed by atoms with E-state index in [-0.39, 0.29) is 16.7 Å². The predicted molar refractivity (Wildman–Crippen MR) is 45.3 cm³/mol. The third-order valence-electron chi connectivity index (χ3n) is 2.07. The van der Waals surface area contributed by atoms with Crippen LogP contribution in [0.2, 0.25) is 0 Å². The first kappa shape index (κ1) is 10.1. The second-order valence-electron chi connectivity index (χ2n) is 2.85. The zero-order valence-corrected chi connectivity index (χ0v) is 7.65. The van der Waals surface area contributed by atoms with E-state index in [4.69, 9.17) is 10.5 Å². The van der Waals surface area contributed by atoms with Crippen LogP contribution in [0.4, 0.5) is 8.78 Å². The lowest BCUT2D eigenvalue weighted by molar-refractivity contribution is 0.564. The van der Waals surface area contributed by atoms with E-state index in [0.29, 0.717) is 0 Å². The molecule has 0 N–H and O–H groups in total. The van der Waals surface area contributed by atoms with Crippen molar-refractivity contribution in [3.05, 3.63) is 33.9 Å². The van der Waals surface area contributed by atoms with Gasteiger partial charge in [0.1, 0.15) is 23.3 Å². The van der Waals surface area contributed by atoms with E-state index < -0.39 is 17.2 Å². The van der Waals surface area contributed by atoms with Crippen molar-refractivity contribution >= 4 is 0 Å². The maximum atomic E-state index is 13.3. The molecule has 4 heteroatoms. The Kier molecular flexibility index (Phi) is 2.49. The Bertz CT molecular complexity index is 404. The molecule has 0 saturated heterocycles. The largest absolute Gasteiger partial charge is 0.205 e. The molecule has 0 aliphatic rings. The highest BCUT2D eigenvalue weighted by molar-refractivity contribution is 5.50. The molecule has 0 spiro atoms. The summed E-state index contributed by atoms with van der Waals surface area (Å²) in [6, 6.07) is 3.14. The number of rotatable bonds is 0. The van der Waals surface area contributed by atoms with Gasteiger partial charge in [-0.25, -0.2) is 8.78 Å². The monoisotopic (exact) mass is 192 g/mol. The summed E-state index contributed by atoms with van der Waals surface area (Å²) in [5, 5.41) is 17.1. The van der Waals surface area contributed by atoms with E-state index >= 15 is 0 Å². The second kappa shape index (κ2) is 3.43. The van der Waals surface area contributed by atoms with E-state index in [1.807, 2.05) is 0 Å². The number of benzene rings is 1. The Morgan fingerprint density at radius 2 is 1.21 bits per heavy atom. The number of hydrogen-bond acceptors (Lipinski definition) is 2. The summed E-state index contributed by atoms with van der Waals surface area (Å²) in [6.07, 6.45) is 0. The molecule has 1 aromatic carbocycles. The molecule has 1 aromatic rings. The Balaban J connectivity index is 3.77. The Morgan fingerprint density at radius 1 is 0.857 bits per heavy atom. The molecular weight excluding hydrogens is 186 g/mol. The van der Waals surface area contributed by atoms with Gasteiger partial charge in [0, 0.05) is 11.1 Å². The van der Waals surface area contributed by atoms with Crippen LogP contribution >= 0.6 is 0 Å². The molecule has 0 saturated carbocycles. The maximum absolute atomic E-state index is 13.3. The average molecular weight is 192 g/mol. The van der Waals surface area contributed by atoms with Crippen molar-refractivity contribution in [3.63, 3.8) is 0 Å². The van der Waals surface area contributed by atoms with Crippen LogP contribution in [0.1, 0.15) is 22.3 Å². The summed E-state index contributed by atoms with van der Waals surface area (Å²) >= 11 is 0. The van der Waals surface area contributed by atoms with Crippen molar-refractivity contribution in [1.29, 1.82) is 10.5 Å². The second-order valence-corrected chi connectivity index (χ2v) is 2.85. The molecule has 1 rings (SSSR count). The molecule has 2 nitrogen and oxygen atoms in total. The van der Waals surface area contributed by atoms with Gasteiger partial charge in [0.25, 0.3) is 0 Å². The third kappa shape index (κ3) is 1.22. The zero-order chi connectivity index (χ0) is 10.9. The first-order valence-corrected chi connectivity index (χ1v) is 3.83. The van der Waals surface area contributed by atoms with Crippen molar-refractivity contribution in [2.24, 2.45) is 0 Å². The van der Waals surface area contributed by atoms with E-state index in [2.05, 4.69) is 0 Å². The molecular formula is C10H6F2N2. The van der Waals surface area contributed by atoms with Crippen LogP contribution in [0, 0.1) is 48.1 Å². The minimum atomic E-state index is -0.952. The van der Waals surface area contributed by atoms with Gasteiger partial charge in [-0.3, -0.25) is 0 Å². The van der Waals surface area contributed by atoms with Crippen molar-refractivity contribution in [2.45, 2.75) is 13.8 Å². The van der Waals surface area contributed by atoms with Crippen molar-refractivity contribution in [2.75, 3.05) is 0 Å². The topological polar surface area (TPSA) is 47.6 Å². The number of nitrogens with zero attached hydrogens (tertiary/aromatic N) is 2. The normalized spacial score (nSPS) is 9.29. The summed E-state index contributed by atoms with van der Waals surface area (Å²) in [5.74, 6) is -1.90. The Hall–Kier alpha value is -1.94. The van der Waals surface area contributed by atoms with Gasteiger partial charge in [0.2, 0.25) is 0 Å². The van der Waals surface area contributed by atoms with Crippen molar-refractivity contribution in [3.8, 4) is 12.1 Å². The van der Waals surface area contributed by atoms with Crippen LogP contribution in [0.25, 0.3) is 0 Å². The number of nitriles is 2. The van der Waals surface area contributed by atoms with Gasteiger partial charge in [-0.15, -0.1) is 0 Å². The summed E-state index contributed by atoms with van der Waals surface area (Å²) < 4.78 is 26.6. The lowest BCUT2D eigenvalue weighted by atomic mass is 9.99. The standard InChI is InChI=1S/C10H6F2N2/c1-5-7(3-13)6(2)10(12)8(4-14)9(5)11/h1-2H3. The van der Waals surface area contributed by atoms with Crippen LogP contribution in [0.5, 0.6) is 0 Å². The molecule has 0 aliphatic carbocycles. The third-order valence-corrected chi connectivity index (χ3v) is 2.07. The minimum Gasteiger partial charge on any atom is -0.205 e. The Morgan fingerprint density at radius 3 is 1.50 bits per heavy atom. The number of halogens is 2. The fourth-order valence-corrected chi connectivity index (χ4v) is 1.24. The molecule has 70 valence electrons. The fourth-order valence-electron chi connectivity index (χ4n) is 1.24. The molecule has 14 heavy (non-hydrogen) atoms. The summed E-state index contributed by atoms with van der Waals surface area (Å²) in [5.41, 5.74) is -0.635. The van der Waals surface area contributed by atoms with Gasteiger partial charge in [0.05, 0.1) is 11.6 Å². The minimum absolute atomic E-state index is 0.0166. The zero-order valence-electron chi connectivity index (χ0n) is 7.65. The fraction of sp³-hybridized carbons (Fsp3) is 0.200. The summed E-state index contributed by atoms with van der Waals surface area (Å²) in [7, 11) is 0. The molecule has 0 fully saturated rings. The van der Waals surface area contributed by atoms with Gasteiger partial charge in [-0.1, -0.05) is 0 Å². The summed E-state index contributed by atoms with van der Waals surface area (Å²) in [6.45, 7) is 2.70. The van der Waals surface area contributed by atoms with Gasteiger partial charge in [0.15, 0.2) is 0 Å².